The van der Waals surface area contributed by atoms with Gasteiger partial charge in [-0.3, -0.25) is 4.98 Å². The molecular weight excluding hydrogens is 254 g/mol. The molecule has 0 radical (unpaired) electrons. The Morgan fingerprint density at radius 3 is 3.05 bits per heavy atom. The molecule has 2 aromatic heterocycles. The van der Waals surface area contributed by atoms with Gasteiger partial charge >= 0.3 is 6.03 Å². The molecule has 104 valence electrons. The van der Waals surface area contributed by atoms with Gasteiger partial charge in [0.2, 0.25) is 0 Å². The maximum absolute atomic E-state index is 12.4. The van der Waals surface area contributed by atoms with Gasteiger partial charge in [-0.2, -0.15) is 0 Å². The van der Waals surface area contributed by atoms with E-state index in [0.717, 1.165) is 30.8 Å². The molecule has 1 aliphatic rings. The summed E-state index contributed by atoms with van der Waals surface area (Å²) < 4.78 is 5.43. The zero-order valence-corrected chi connectivity index (χ0v) is 11.4. The summed E-state index contributed by atoms with van der Waals surface area (Å²) in [5.74, 6) is 0.847. The van der Waals surface area contributed by atoms with E-state index < -0.39 is 0 Å². The molecule has 0 aliphatic carbocycles. The van der Waals surface area contributed by atoms with Crippen molar-refractivity contribution in [3.8, 4) is 0 Å². The Balaban J connectivity index is 1.71. The largest absolute Gasteiger partial charge is 0.467 e. The molecule has 0 unspecified atom stereocenters. The zero-order valence-electron chi connectivity index (χ0n) is 11.4. The molecule has 20 heavy (non-hydrogen) atoms. The van der Waals surface area contributed by atoms with Crippen molar-refractivity contribution in [2.45, 2.75) is 25.8 Å². The van der Waals surface area contributed by atoms with Crippen molar-refractivity contribution in [2.24, 2.45) is 0 Å². The summed E-state index contributed by atoms with van der Waals surface area (Å²) in [5.41, 5.74) is 1.64. The molecule has 5 nitrogen and oxygen atoms in total. The minimum absolute atomic E-state index is 0.0309. The summed E-state index contributed by atoms with van der Waals surface area (Å²) in [7, 11) is 0. The molecule has 3 heterocycles. The predicted molar refractivity (Wildman–Crippen MR) is 75.4 cm³/mol. The highest BCUT2D eigenvalue weighted by atomic mass is 16.3. The minimum Gasteiger partial charge on any atom is -0.467 e. The van der Waals surface area contributed by atoms with Crippen LogP contribution in [0.2, 0.25) is 0 Å². The van der Waals surface area contributed by atoms with Crippen molar-refractivity contribution >= 4 is 11.7 Å². The van der Waals surface area contributed by atoms with Crippen LogP contribution < -0.4 is 5.32 Å². The number of nitrogens with zero attached hydrogens (tertiary/aromatic N) is 2. The van der Waals surface area contributed by atoms with Crippen molar-refractivity contribution in [2.75, 3.05) is 11.9 Å². The molecule has 2 amide bonds. The fourth-order valence-corrected chi connectivity index (χ4v) is 2.52. The van der Waals surface area contributed by atoms with Crippen molar-refractivity contribution in [3.05, 3.63) is 48.2 Å². The van der Waals surface area contributed by atoms with Crippen molar-refractivity contribution in [1.82, 2.24) is 9.88 Å². The van der Waals surface area contributed by atoms with Gasteiger partial charge in [0.05, 0.1) is 24.2 Å². The monoisotopic (exact) mass is 271 g/mol. The molecular formula is C15H17N3O2. The molecule has 1 atom stereocenters. The van der Waals surface area contributed by atoms with Crippen molar-refractivity contribution < 1.29 is 9.21 Å². The lowest BCUT2D eigenvalue weighted by molar-refractivity contribution is 0.200. The van der Waals surface area contributed by atoms with E-state index in [2.05, 4.69) is 10.3 Å². The lowest BCUT2D eigenvalue weighted by Gasteiger charge is -2.23. The van der Waals surface area contributed by atoms with Gasteiger partial charge in [0.25, 0.3) is 0 Å². The number of rotatable bonds is 2. The number of carbonyl (C=O) groups excluding carboxylic acids is 1. The van der Waals surface area contributed by atoms with Crippen LogP contribution in [0, 0.1) is 6.92 Å². The molecule has 5 heteroatoms. The number of hydrogen-bond donors (Lipinski definition) is 1. The fourth-order valence-electron chi connectivity index (χ4n) is 2.52. The Kier molecular flexibility index (Phi) is 3.41. The second-order valence-electron chi connectivity index (χ2n) is 4.99. The predicted octanol–water partition coefficient (Wildman–Crippen LogP) is 3.35. The van der Waals surface area contributed by atoms with E-state index in [0.29, 0.717) is 5.69 Å². The third-order valence-electron chi connectivity index (χ3n) is 3.55. The van der Waals surface area contributed by atoms with Gasteiger partial charge in [0.15, 0.2) is 0 Å². The van der Waals surface area contributed by atoms with Gasteiger partial charge in [-0.05, 0) is 44.0 Å². The minimum atomic E-state index is -0.102. The van der Waals surface area contributed by atoms with E-state index in [9.17, 15) is 4.79 Å². The van der Waals surface area contributed by atoms with Crippen LogP contribution in [0.25, 0.3) is 0 Å². The highest BCUT2D eigenvalue weighted by molar-refractivity contribution is 5.89. The van der Waals surface area contributed by atoms with Crippen LogP contribution in [0.5, 0.6) is 0 Å². The maximum Gasteiger partial charge on any atom is 0.322 e. The van der Waals surface area contributed by atoms with Gasteiger partial charge in [0.1, 0.15) is 5.76 Å². The molecule has 1 aliphatic heterocycles. The van der Waals surface area contributed by atoms with E-state index in [1.165, 1.54) is 0 Å². The Hall–Kier alpha value is -2.30. The molecule has 2 aromatic rings. The van der Waals surface area contributed by atoms with E-state index in [4.69, 9.17) is 4.42 Å². The lowest BCUT2D eigenvalue weighted by atomic mass is 10.2. The van der Waals surface area contributed by atoms with Gasteiger partial charge in [-0.1, -0.05) is 0 Å². The Morgan fingerprint density at radius 1 is 1.45 bits per heavy atom. The standard InChI is InChI=1S/C15H17N3O2/c1-11-6-7-12(10-16-11)17-15(19)18-8-2-4-13(18)14-5-3-9-20-14/h3,5-7,9-10,13H,2,4,8H2,1H3,(H,17,19)/t13-/m1/s1. The lowest BCUT2D eigenvalue weighted by Crippen LogP contribution is -2.34. The van der Waals surface area contributed by atoms with E-state index in [1.807, 2.05) is 36.1 Å². The van der Waals surface area contributed by atoms with Crippen LogP contribution in [0.3, 0.4) is 0 Å². The summed E-state index contributed by atoms with van der Waals surface area (Å²) in [5, 5.41) is 2.89. The van der Waals surface area contributed by atoms with Crippen LogP contribution in [0.1, 0.15) is 30.3 Å². The molecule has 0 saturated carbocycles. The first-order valence-electron chi connectivity index (χ1n) is 6.78. The Bertz CT molecular complexity index is 578. The fraction of sp³-hybridized carbons (Fsp3) is 0.333. The second kappa shape index (κ2) is 5.36. The Morgan fingerprint density at radius 2 is 2.35 bits per heavy atom. The highest BCUT2D eigenvalue weighted by Gasteiger charge is 2.31. The number of pyridine rings is 1. The van der Waals surface area contributed by atoms with Crippen LogP contribution in [0.4, 0.5) is 10.5 Å². The number of anilines is 1. The first-order valence-corrected chi connectivity index (χ1v) is 6.78. The van der Waals surface area contributed by atoms with Crippen LogP contribution in [-0.2, 0) is 0 Å². The first-order chi connectivity index (χ1) is 9.74. The molecule has 0 spiro atoms. The number of likely N-dealkylation sites (tertiary alicyclic amines) is 1. The molecule has 0 aromatic carbocycles. The number of furan rings is 1. The van der Waals surface area contributed by atoms with Gasteiger partial charge in [-0.25, -0.2) is 4.79 Å². The average molecular weight is 271 g/mol. The van der Waals surface area contributed by atoms with E-state index >= 15 is 0 Å². The smallest absolute Gasteiger partial charge is 0.322 e. The summed E-state index contributed by atoms with van der Waals surface area (Å²) >= 11 is 0. The summed E-state index contributed by atoms with van der Waals surface area (Å²) in [4.78, 5) is 18.3. The number of aryl methyl sites for hydroxylation is 1. The third kappa shape index (κ3) is 2.52. The number of hydrogen-bond acceptors (Lipinski definition) is 3. The summed E-state index contributed by atoms with van der Waals surface area (Å²) in [6, 6.07) is 7.44. The Labute approximate surface area is 117 Å². The number of urea groups is 1. The molecule has 1 N–H and O–H groups in total. The third-order valence-corrected chi connectivity index (χ3v) is 3.55. The van der Waals surface area contributed by atoms with Gasteiger partial charge in [0, 0.05) is 12.2 Å². The number of carbonyl (C=O) groups is 1. The number of aromatic nitrogens is 1. The number of amides is 2. The summed E-state index contributed by atoms with van der Waals surface area (Å²) in [6.45, 7) is 2.66. The van der Waals surface area contributed by atoms with E-state index in [-0.39, 0.29) is 12.1 Å². The molecule has 1 fully saturated rings. The van der Waals surface area contributed by atoms with E-state index in [1.54, 1.807) is 12.5 Å². The van der Waals surface area contributed by atoms with Gasteiger partial charge < -0.3 is 14.6 Å². The molecule has 1 saturated heterocycles. The van der Waals surface area contributed by atoms with Gasteiger partial charge in [-0.15, -0.1) is 0 Å². The quantitative estimate of drug-likeness (QED) is 0.911. The average Bonchev–Trinajstić information content (AvgIpc) is 3.11. The maximum atomic E-state index is 12.4. The zero-order chi connectivity index (χ0) is 13.9. The second-order valence-corrected chi connectivity index (χ2v) is 4.99. The molecule has 0 bridgehead atoms. The van der Waals surface area contributed by atoms with Crippen molar-refractivity contribution in [3.63, 3.8) is 0 Å². The molecule has 3 rings (SSSR count). The van der Waals surface area contributed by atoms with Crippen molar-refractivity contribution in [1.29, 1.82) is 0 Å². The highest BCUT2D eigenvalue weighted by Crippen LogP contribution is 2.32. The van der Waals surface area contributed by atoms with Crippen LogP contribution in [-0.4, -0.2) is 22.5 Å². The van der Waals surface area contributed by atoms with Crippen LogP contribution >= 0.6 is 0 Å². The van der Waals surface area contributed by atoms with Crippen LogP contribution in [0.15, 0.2) is 41.1 Å². The number of nitrogens with one attached hydrogen (secondary N) is 1. The topological polar surface area (TPSA) is 58.4 Å². The normalized spacial score (nSPS) is 18.2. The first kappa shape index (κ1) is 12.7. The summed E-state index contributed by atoms with van der Waals surface area (Å²) in [6.07, 6.45) is 5.25. The SMILES string of the molecule is Cc1ccc(NC(=O)N2CCC[C@@H]2c2ccco2)cn1.